The first kappa shape index (κ1) is 30.7. The predicted octanol–water partition coefficient (Wildman–Crippen LogP) is 5.51. The summed E-state index contributed by atoms with van der Waals surface area (Å²) >= 11 is 0. The van der Waals surface area contributed by atoms with Gasteiger partial charge in [-0.25, -0.2) is 14.4 Å². The smallest absolute Gasteiger partial charge is 0.416 e. The van der Waals surface area contributed by atoms with Crippen molar-refractivity contribution in [2.45, 2.75) is 31.5 Å². The Morgan fingerprint density at radius 3 is 1.56 bits per heavy atom. The van der Waals surface area contributed by atoms with Crippen molar-refractivity contribution >= 4 is 29.5 Å². The summed E-state index contributed by atoms with van der Waals surface area (Å²) in [5, 5.41) is 12.0. The summed E-state index contributed by atoms with van der Waals surface area (Å²) in [6, 6.07) is 11.4. The predicted molar refractivity (Wildman–Crippen MR) is 129 cm³/mol. The Bertz CT molecular complexity index is 1450. The topological polar surface area (TPSA) is 119 Å². The van der Waals surface area contributed by atoms with Crippen LogP contribution < -0.4 is 5.32 Å². The average molecular weight is 583 g/mol. The van der Waals surface area contributed by atoms with Crippen LogP contribution in [0.25, 0.3) is 0 Å². The summed E-state index contributed by atoms with van der Waals surface area (Å²) in [6.07, 6.45) is -14.8. The van der Waals surface area contributed by atoms with Gasteiger partial charge in [0, 0.05) is 5.69 Å². The van der Waals surface area contributed by atoms with Gasteiger partial charge in [0.25, 0.3) is 5.91 Å². The van der Waals surface area contributed by atoms with Crippen LogP contribution in [0.1, 0.15) is 37.4 Å². The lowest BCUT2D eigenvalue weighted by Crippen LogP contribution is -2.48. The van der Waals surface area contributed by atoms with E-state index in [-0.39, 0.29) is 5.69 Å². The third kappa shape index (κ3) is 8.06. The quantitative estimate of drug-likeness (QED) is 0.265. The number of nitrogens with one attached hydrogen (secondary N) is 1. The molecule has 1 amide bonds. The van der Waals surface area contributed by atoms with E-state index in [2.05, 4.69) is 5.32 Å². The molecule has 3 aromatic rings. The number of alkyl halides is 6. The van der Waals surface area contributed by atoms with Gasteiger partial charge in [-0.3, -0.25) is 4.79 Å². The van der Waals surface area contributed by atoms with Crippen LogP contribution in [0.2, 0.25) is 0 Å². The number of carbonyl (C=O) groups excluding carboxylic acids is 3. The van der Waals surface area contributed by atoms with Gasteiger partial charge in [-0.05, 0) is 55.5 Å². The number of hydrogen-bond donors (Lipinski definition) is 2. The molecule has 0 aromatic heterocycles. The molecule has 14 heteroatoms. The fraction of sp³-hybridized carbons (Fsp3) is 0.185. The number of halogens is 6. The van der Waals surface area contributed by atoms with Crippen molar-refractivity contribution in [1.82, 2.24) is 0 Å². The van der Waals surface area contributed by atoms with Crippen LogP contribution in [-0.4, -0.2) is 41.1 Å². The molecule has 0 bridgehead atoms. The van der Waals surface area contributed by atoms with E-state index in [1.807, 2.05) is 0 Å². The van der Waals surface area contributed by atoms with Crippen molar-refractivity contribution in [1.29, 1.82) is 0 Å². The number of benzene rings is 3. The molecule has 0 saturated carbocycles. The Labute approximate surface area is 227 Å². The Hall–Kier alpha value is -4.88. The van der Waals surface area contributed by atoms with E-state index < -0.39 is 70.6 Å². The maximum atomic E-state index is 13.1. The first-order valence-electron chi connectivity index (χ1n) is 11.4. The van der Waals surface area contributed by atoms with Gasteiger partial charge < -0.3 is 19.9 Å². The number of hydrogen-bond acceptors (Lipinski definition) is 6. The molecule has 0 saturated heterocycles. The molecule has 8 nitrogen and oxygen atoms in total. The Balaban J connectivity index is 1.96. The minimum atomic E-state index is -4.86. The largest absolute Gasteiger partial charge is 0.478 e. The molecule has 2 N–H and O–H groups in total. The third-order valence-corrected chi connectivity index (χ3v) is 5.42. The minimum absolute atomic E-state index is 0.0778. The van der Waals surface area contributed by atoms with Crippen LogP contribution >= 0.6 is 0 Å². The molecule has 0 aliphatic rings. The molecule has 2 atom stereocenters. The molecular weight excluding hydrogens is 564 g/mol. The summed E-state index contributed by atoms with van der Waals surface area (Å²) < 4.78 is 88.3. The summed E-state index contributed by atoms with van der Waals surface area (Å²) in [6.45, 7) is 1.72. The van der Waals surface area contributed by atoms with Gasteiger partial charge in [0.1, 0.15) is 0 Å². The number of carboxylic acids is 1. The SMILES string of the molecule is Cc1ccc(NC(=O)[C@@H](OC(=O)c2cccc(C(F)(F)F)c2)[C@H](OC(=O)c2cccc(C(F)(F)F)c2)C(=O)O)cc1. The number of ether oxygens (including phenoxy) is 2. The highest BCUT2D eigenvalue weighted by atomic mass is 19.4. The average Bonchev–Trinajstić information content (AvgIpc) is 2.90. The van der Waals surface area contributed by atoms with E-state index in [1.54, 1.807) is 19.1 Å². The summed E-state index contributed by atoms with van der Waals surface area (Å²) in [5.41, 5.74) is -3.13. The molecule has 3 aromatic carbocycles. The van der Waals surface area contributed by atoms with Crippen LogP contribution in [0.5, 0.6) is 0 Å². The van der Waals surface area contributed by atoms with Crippen molar-refractivity contribution in [3.05, 3.63) is 101 Å². The van der Waals surface area contributed by atoms with Gasteiger partial charge in [-0.15, -0.1) is 0 Å². The molecule has 0 aliphatic heterocycles. The molecule has 0 unspecified atom stereocenters. The molecular formula is C27H19F6NO7. The maximum absolute atomic E-state index is 13.1. The number of carboxylic acid groups (broad SMARTS) is 1. The highest BCUT2D eigenvalue weighted by molar-refractivity contribution is 6.01. The van der Waals surface area contributed by atoms with Crippen molar-refractivity contribution in [3.8, 4) is 0 Å². The van der Waals surface area contributed by atoms with E-state index in [0.29, 0.717) is 24.3 Å². The molecule has 0 aliphatic carbocycles. The van der Waals surface area contributed by atoms with Crippen molar-refractivity contribution < 1.29 is 60.1 Å². The lowest BCUT2D eigenvalue weighted by molar-refractivity contribution is -0.157. The Morgan fingerprint density at radius 1 is 0.707 bits per heavy atom. The van der Waals surface area contributed by atoms with Crippen LogP contribution in [0.3, 0.4) is 0 Å². The zero-order chi connectivity index (χ0) is 30.5. The van der Waals surface area contributed by atoms with E-state index in [1.165, 1.54) is 12.1 Å². The maximum Gasteiger partial charge on any atom is 0.416 e. The molecule has 0 radical (unpaired) electrons. The van der Waals surface area contributed by atoms with Crippen LogP contribution in [0, 0.1) is 6.92 Å². The molecule has 216 valence electrons. The second-order valence-electron chi connectivity index (χ2n) is 8.50. The number of carbonyl (C=O) groups is 4. The number of aliphatic carboxylic acids is 1. The van der Waals surface area contributed by atoms with Crippen molar-refractivity contribution in [3.63, 3.8) is 0 Å². The van der Waals surface area contributed by atoms with Crippen LogP contribution in [-0.2, 0) is 31.4 Å². The first-order valence-corrected chi connectivity index (χ1v) is 11.4. The zero-order valence-corrected chi connectivity index (χ0v) is 20.7. The van der Waals surface area contributed by atoms with Gasteiger partial charge in [0.05, 0.1) is 22.3 Å². The number of rotatable bonds is 8. The van der Waals surface area contributed by atoms with Gasteiger partial charge >= 0.3 is 30.3 Å². The van der Waals surface area contributed by atoms with Crippen LogP contribution in [0.15, 0.2) is 72.8 Å². The van der Waals surface area contributed by atoms with Gasteiger partial charge in [0.2, 0.25) is 12.2 Å². The van der Waals surface area contributed by atoms with Gasteiger partial charge in [-0.2, -0.15) is 26.3 Å². The number of anilines is 1. The monoisotopic (exact) mass is 583 g/mol. The number of amides is 1. The standard InChI is InChI=1S/C27H19F6NO7/c1-14-8-10-19(11-9-14)34-22(35)20(40-24(38)15-4-2-6-17(12-15)26(28,29)30)21(23(36)37)41-25(39)16-5-3-7-18(13-16)27(31,32)33/h2-13,20-21H,1H3,(H,34,35)(H,36,37)/t20-,21-/m0/s1. The molecule has 0 heterocycles. The number of esters is 2. The number of aryl methyl sites for hydroxylation is 1. The Kier molecular flexibility index (Phi) is 9.05. The fourth-order valence-electron chi connectivity index (χ4n) is 3.36. The molecule has 3 rings (SSSR count). The van der Waals surface area contributed by atoms with E-state index in [4.69, 9.17) is 9.47 Å². The van der Waals surface area contributed by atoms with E-state index in [0.717, 1.165) is 29.8 Å². The zero-order valence-electron chi connectivity index (χ0n) is 20.7. The minimum Gasteiger partial charge on any atom is -0.478 e. The summed E-state index contributed by atoms with van der Waals surface area (Å²) in [4.78, 5) is 50.5. The lowest BCUT2D eigenvalue weighted by atomic mass is 10.1. The van der Waals surface area contributed by atoms with Crippen LogP contribution in [0.4, 0.5) is 32.0 Å². The van der Waals surface area contributed by atoms with Crippen molar-refractivity contribution in [2.24, 2.45) is 0 Å². The first-order chi connectivity index (χ1) is 19.1. The van der Waals surface area contributed by atoms with Gasteiger partial charge in [-0.1, -0.05) is 29.8 Å². The second kappa shape index (κ2) is 12.1. The van der Waals surface area contributed by atoms with E-state index in [9.17, 15) is 50.6 Å². The normalized spacial score (nSPS) is 13.0. The molecule has 0 fully saturated rings. The third-order valence-electron chi connectivity index (χ3n) is 5.42. The van der Waals surface area contributed by atoms with Gasteiger partial charge in [0.15, 0.2) is 0 Å². The fourth-order valence-corrected chi connectivity index (χ4v) is 3.36. The van der Waals surface area contributed by atoms with Crippen molar-refractivity contribution in [2.75, 3.05) is 5.32 Å². The highest BCUT2D eigenvalue weighted by Gasteiger charge is 2.42. The summed E-state index contributed by atoms with van der Waals surface area (Å²) in [7, 11) is 0. The summed E-state index contributed by atoms with van der Waals surface area (Å²) in [5.74, 6) is -6.61. The Morgan fingerprint density at radius 2 is 1.15 bits per heavy atom. The second-order valence-corrected chi connectivity index (χ2v) is 8.50. The van der Waals surface area contributed by atoms with E-state index >= 15 is 0 Å². The molecule has 0 spiro atoms. The lowest BCUT2D eigenvalue weighted by Gasteiger charge is -2.24. The highest BCUT2D eigenvalue weighted by Crippen LogP contribution is 2.31. The molecule has 41 heavy (non-hydrogen) atoms.